The van der Waals surface area contributed by atoms with Gasteiger partial charge in [-0.3, -0.25) is 4.79 Å². The fraction of sp³-hybridized carbons (Fsp3) is 0.133. The van der Waals surface area contributed by atoms with E-state index in [0.717, 1.165) is 0 Å². The van der Waals surface area contributed by atoms with Gasteiger partial charge in [0, 0.05) is 17.1 Å². The van der Waals surface area contributed by atoms with Crippen LogP contribution in [-0.4, -0.2) is 22.7 Å². The molecule has 0 radical (unpaired) electrons. The predicted octanol–water partition coefficient (Wildman–Crippen LogP) is 3.16. The molecule has 0 spiro atoms. The van der Waals surface area contributed by atoms with Gasteiger partial charge in [0.05, 0.1) is 11.1 Å². The van der Waals surface area contributed by atoms with E-state index in [2.05, 4.69) is 5.32 Å². The van der Waals surface area contributed by atoms with Gasteiger partial charge in [-0.25, -0.2) is 0 Å². The summed E-state index contributed by atoms with van der Waals surface area (Å²) < 4.78 is 0. The Balaban J connectivity index is 1.97. The molecular weight excluding hydrogens is 313 g/mol. The van der Waals surface area contributed by atoms with Crippen LogP contribution in [-0.2, 0) is 0 Å². The lowest BCUT2D eigenvalue weighted by Crippen LogP contribution is -2.28. The molecule has 1 unspecified atom stereocenters. The van der Waals surface area contributed by atoms with Crippen molar-refractivity contribution in [1.82, 2.24) is 5.32 Å². The van der Waals surface area contributed by atoms with Crippen LogP contribution in [0.5, 0.6) is 5.75 Å². The third-order valence-corrected chi connectivity index (χ3v) is 3.48. The number of aliphatic hydroxyl groups is 1. The molecule has 21 heavy (non-hydrogen) atoms. The Morgan fingerprint density at radius 1 is 1.14 bits per heavy atom. The van der Waals surface area contributed by atoms with Crippen molar-refractivity contribution in [2.24, 2.45) is 0 Å². The SMILES string of the molecule is O=C(NCC(O)c1ccc(Cl)cc1)c1ccc(O)c(Cl)c1. The molecule has 1 amide bonds. The van der Waals surface area contributed by atoms with Crippen LogP contribution in [0.2, 0.25) is 10.0 Å². The molecule has 0 aliphatic carbocycles. The number of phenolic OH excluding ortho intramolecular Hbond substituents is 1. The van der Waals surface area contributed by atoms with Crippen LogP contribution in [0, 0.1) is 0 Å². The van der Waals surface area contributed by atoms with Crippen molar-refractivity contribution in [3.05, 3.63) is 63.6 Å². The van der Waals surface area contributed by atoms with Gasteiger partial charge in [-0.2, -0.15) is 0 Å². The first-order valence-electron chi connectivity index (χ1n) is 6.17. The van der Waals surface area contributed by atoms with Gasteiger partial charge in [0.2, 0.25) is 0 Å². The summed E-state index contributed by atoms with van der Waals surface area (Å²) in [5.41, 5.74) is 0.963. The van der Waals surface area contributed by atoms with E-state index in [4.69, 9.17) is 23.2 Å². The van der Waals surface area contributed by atoms with Crippen molar-refractivity contribution in [2.45, 2.75) is 6.10 Å². The number of aliphatic hydroxyl groups excluding tert-OH is 1. The lowest BCUT2D eigenvalue weighted by Gasteiger charge is -2.12. The fourth-order valence-corrected chi connectivity index (χ4v) is 2.05. The maximum absolute atomic E-state index is 11.9. The van der Waals surface area contributed by atoms with Gasteiger partial charge in [-0.05, 0) is 35.9 Å². The molecule has 0 fully saturated rings. The number of aromatic hydroxyl groups is 1. The normalized spacial score (nSPS) is 12.0. The molecule has 0 bridgehead atoms. The Labute approximate surface area is 131 Å². The number of carbonyl (C=O) groups is 1. The van der Waals surface area contributed by atoms with Gasteiger partial charge in [-0.1, -0.05) is 35.3 Å². The Morgan fingerprint density at radius 3 is 2.43 bits per heavy atom. The minimum Gasteiger partial charge on any atom is -0.506 e. The number of halogens is 2. The minimum absolute atomic E-state index is 0.0545. The Morgan fingerprint density at radius 2 is 1.81 bits per heavy atom. The summed E-state index contributed by atoms with van der Waals surface area (Å²) >= 11 is 11.5. The van der Waals surface area contributed by atoms with Gasteiger partial charge in [0.25, 0.3) is 5.91 Å². The summed E-state index contributed by atoms with van der Waals surface area (Å²) in [7, 11) is 0. The largest absolute Gasteiger partial charge is 0.506 e. The van der Waals surface area contributed by atoms with Gasteiger partial charge in [-0.15, -0.1) is 0 Å². The molecule has 0 aromatic heterocycles. The maximum Gasteiger partial charge on any atom is 0.251 e. The minimum atomic E-state index is -0.834. The van der Waals surface area contributed by atoms with Gasteiger partial charge in [0.1, 0.15) is 5.75 Å². The standard InChI is InChI=1S/C15H13Cl2NO3/c16-11-4-1-9(2-5-11)14(20)8-18-15(21)10-3-6-13(19)12(17)7-10/h1-7,14,19-20H,8H2,(H,18,21). The second kappa shape index (κ2) is 6.80. The molecule has 110 valence electrons. The van der Waals surface area contributed by atoms with E-state index in [9.17, 15) is 15.0 Å². The number of hydrogen-bond donors (Lipinski definition) is 3. The summed E-state index contributed by atoms with van der Waals surface area (Å²) in [6, 6.07) is 10.9. The van der Waals surface area contributed by atoms with Crippen molar-refractivity contribution >= 4 is 29.1 Å². The van der Waals surface area contributed by atoms with Crippen molar-refractivity contribution in [1.29, 1.82) is 0 Å². The highest BCUT2D eigenvalue weighted by atomic mass is 35.5. The van der Waals surface area contributed by atoms with Crippen LogP contribution in [0.25, 0.3) is 0 Å². The summed E-state index contributed by atoms with van der Waals surface area (Å²) in [4.78, 5) is 11.9. The number of rotatable bonds is 4. The van der Waals surface area contributed by atoms with Crippen LogP contribution in [0.4, 0.5) is 0 Å². The highest BCUT2D eigenvalue weighted by Gasteiger charge is 2.12. The molecule has 2 aromatic rings. The summed E-state index contributed by atoms with van der Waals surface area (Å²) in [6.45, 7) is 0.0545. The molecule has 1 atom stereocenters. The lowest BCUT2D eigenvalue weighted by molar-refractivity contribution is 0.0916. The number of phenols is 1. The number of nitrogens with one attached hydrogen (secondary N) is 1. The van der Waals surface area contributed by atoms with Gasteiger partial charge >= 0.3 is 0 Å². The third-order valence-electron chi connectivity index (χ3n) is 2.92. The quantitative estimate of drug-likeness (QED) is 0.808. The predicted molar refractivity (Wildman–Crippen MR) is 81.9 cm³/mol. The van der Waals surface area contributed by atoms with E-state index < -0.39 is 6.10 Å². The van der Waals surface area contributed by atoms with Crippen LogP contribution in [0.3, 0.4) is 0 Å². The molecule has 4 nitrogen and oxygen atoms in total. The molecule has 0 aliphatic heterocycles. The van der Waals surface area contributed by atoms with Crippen molar-refractivity contribution in [3.8, 4) is 5.75 Å². The average molecular weight is 326 g/mol. The highest BCUT2D eigenvalue weighted by Crippen LogP contribution is 2.23. The van der Waals surface area contributed by atoms with Crippen LogP contribution >= 0.6 is 23.2 Å². The van der Waals surface area contributed by atoms with Gasteiger partial charge < -0.3 is 15.5 Å². The van der Waals surface area contributed by atoms with Crippen molar-refractivity contribution in [2.75, 3.05) is 6.54 Å². The van der Waals surface area contributed by atoms with E-state index in [1.54, 1.807) is 24.3 Å². The molecule has 0 aliphatic rings. The zero-order valence-corrected chi connectivity index (χ0v) is 12.4. The molecule has 0 saturated heterocycles. The number of carbonyl (C=O) groups excluding carboxylic acids is 1. The second-order valence-electron chi connectivity index (χ2n) is 4.44. The Kier molecular flexibility index (Phi) is 5.07. The average Bonchev–Trinajstić information content (AvgIpc) is 2.48. The van der Waals surface area contributed by atoms with E-state index in [1.807, 2.05) is 0 Å². The highest BCUT2D eigenvalue weighted by molar-refractivity contribution is 6.32. The second-order valence-corrected chi connectivity index (χ2v) is 5.29. The van der Waals surface area contributed by atoms with Crippen LogP contribution in [0.1, 0.15) is 22.0 Å². The first kappa shape index (κ1) is 15.6. The summed E-state index contributed by atoms with van der Waals surface area (Å²) in [6.07, 6.45) is -0.834. The van der Waals surface area contributed by atoms with E-state index in [1.165, 1.54) is 18.2 Å². The van der Waals surface area contributed by atoms with Crippen LogP contribution < -0.4 is 5.32 Å². The van der Waals surface area contributed by atoms with Crippen molar-refractivity contribution in [3.63, 3.8) is 0 Å². The molecule has 2 aromatic carbocycles. The molecule has 3 N–H and O–H groups in total. The zero-order chi connectivity index (χ0) is 15.4. The maximum atomic E-state index is 11.9. The molecule has 2 rings (SSSR count). The molecule has 0 saturated carbocycles. The topological polar surface area (TPSA) is 69.6 Å². The molecular formula is C15H13Cl2NO3. The number of amides is 1. The Bertz CT molecular complexity index is 644. The summed E-state index contributed by atoms with van der Waals surface area (Å²) in [5.74, 6) is -0.473. The van der Waals surface area contributed by atoms with E-state index in [0.29, 0.717) is 16.1 Å². The third kappa shape index (κ3) is 4.11. The molecule has 6 heteroatoms. The number of benzene rings is 2. The van der Waals surface area contributed by atoms with E-state index in [-0.39, 0.29) is 23.2 Å². The number of hydrogen-bond acceptors (Lipinski definition) is 3. The Hall–Kier alpha value is -1.75. The fourth-order valence-electron chi connectivity index (χ4n) is 1.74. The first-order valence-corrected chi connectivity index (χ1v) is 6.93. The van der Waals surface area contributed by atoms with E-state index >= 15 is 0 Å². The smallest absolute Gasteiger partial charge is 0.251 e. The first-order chi connectivity index (χ1) is 9.97. The lowest BCUT2D eigenvalue weighted by atomic mass is 10.1. The monoisotopic (exact) mass is 325 g/mol. The van der Waals surface area contributed by atoms with Gasteiger partial charge in [0.15, 0.2) is 0 Å². The van der Waals surface area contributed by atoms with Crippen molar-refractivity contribution < 1.29 is 15.0 Å². The zero-order valence-electron chi connectivity index (χ0n) is 10.9. The summed E-state index contributed by atoms with van der Waals surface area (Å²) in [5, 5.41) is 22.6. The molecule has 0 heterocycles. The van der Waals surface area contributed by atoms with Crippen LogP contribution in [0.15, 0.2) is 42.5 Å².